The lowest BCUT2D eigenvalue weighted by molar-refractivity contribution is -0.153. The molecule has 1 aromatic heterocycles. The Morgan fingerprint density at radius 1 is 1.25 bits per heavy atom. The third-order valence-electron chi connectivity index (χ3n) is 7.79. The fourth-order valence-corrected chi connectivity index (χ4v) is 6.02. The molecule has 1 aliphatic heterocycles. The first-order valence-electron chi connectivity index (χ1n) is 11.1. The maximum atomic E-state index is 14.4. The predicted octanol–water partition coefficient (Wildman–Crippen LogP) is 2.41. The smallest absolute Gasteiger partial charge is 0.250 e. The molecule has 8 heteroatoms. The highest BCUT2D eigenvalue weighted by Gasteiger charge is 2.68. The van der Waals surface area contributed by atoms with Gasteiger partial charge in [0.1, 0.15) is 5.82 Å². The van der Waals surface area contributed by atoms with Crippen LogP contribution in [0.3, 0.4) is 0 Å². The van der Waals surface area contributed by atoms with Gasteiger partial charge in [-0.1, -0.05) is 26.0 Å². The molecule has 1 N–H and O–H groups in total. The first-order valence-corrected chi connectivity index (χ1v) is 11.1. The predicted molar refractivity (Wildman–Crippen MR) is 115 cm³/mol. The van der Waals surface area contributed by atoms with E-state index in [4.69, 9.17) is 4.74 Å². The monoisotopic (exact) mass is 438 g/mol. The van der Waals surface area contributed by atoms with Crippen LogP contribution in [-0.2, 0) is 19.7 Å². The Labute approximate surface area is 186 Å². The topological polar surface area (TPSA) is 84.4 Å². The number of halogens is 1. The number of amides is 2. The molecule has 32 heavy (non-hydrogen) atoms. The highest BCUT2D eigenvalue weighted by molar-refractivity contribution is 5.92. The Bertz CT molecular complexity index is 1100. The molecule has 2 fully saturated rings. The van der Waals surface area contributed by atoms with Crippen LogP contribution in [-0.4, -0.2) is 59.8 Å². The third kappa shape index (κ3) is 2.75. The highest BCUT2D eigenvalue weighted by atomic mass is 19.1. The molecule has 5 rings (SSSR count). The van der Waals surface area contributed by atoms with Crippen molar-refractivity contribution in [2.45, 2.75) is 44.1 Å². The number of hydrogen-bond acceptors (Lipinski definition) is 5. The van der Waals surface area contributed by atoms with E-state index in [0.717, 1.165) is 12.0 Å². The minimum atomic E-state index is -0.807. The van der Waals surface area contributed by atoms with E-state index in [1.54, 1.807) is 30.1 Å². The molecule has 2 aromatic rings. The minimum Gasteiger partial charge on any atom is -0.365 e. The Hall–Kier alpha value is -2.87. The van der Waals surface area contributed by atoms with Gasteiger partial charge in [0.15, 0.2) is 6.10 Å². The first-order chi connectivity index (χ1) is 15.3. The van der Waals surface area contributed by atoms with E-state index >= 15 is 0 Å². The zero-order valence-electron chi connectivity index (χ0n) is 18.5. The molecule has 1 saturated carbocycles. The van der Waals surface area contributed by atoms with Crippen molar-refractivity contribution >= 4 is 11.8 Å². The van der Waals surface area contributed by atoms with Gasteiger partial charge in [-0.05, 0) is 47.9 Å². The number of morpholine rings is 1. The highest BCUT2D eigenvalue weighted by Crippen LogP contribution is 2.68. The number of benzene rings is 1. The Morgan fingerprint density at radius 3 is 2.78 bits per heavy atom. The molecule has 2 heterocycles. The molecule has 2 bridgehead atoms. The van der Waals surface area contributed by atoms with Crippen molar-refractivity contribution in [2.75, 3.05) is 26.7 Å². The second-order valence-electron chi connectivity index (χ2n) is 9.46. The van der Waals surface area contributed by atoms with E-state index in [-0.39, 0.29) is 35.5 Å². The van der Waals surface area contributed by atoms with E-state index in [1.165, 1.54) is 6.07 Å². The van der Waals surface area contributed by atoms with Gasteiger partial charge in [-0.15, -0.1) is 0 Å². The Kier molecular flexibility index (Phi) is 4.81. The molecule has 1 saturated heterocycles. The Morgan fingerprint density at radius 2 is 2.03 bits per heavy atom. The van der Waals surface area contributed by atoms with Crippen LogP contribution in [0.25, 0.3) is 11.3 Å². The summed E-state index contributed by atoms with van der Waals surface area (Å²) >= 11 is 0. The van der Waals surface area contributed by atoms with Gasteiger partial charge in [-0.25, -0.2) is 4.39 Å². The zero-order chi connectivity index (χ0) is 22.7. The van der Waals surface area contributed by atoms with Crippen LogP contribution in [0.2, 0.25) is 0 Å². The lowest BCUT2D eigenvalue weighted by Gasteiger charge is -2.42. The van der Waals surface area contributed by atoms with Crippen LogP contribution in [0, 0.1) is 11.2 Å². The van der Waals surface area contributed by atoms with Crippen molar-refractivity contribution in [3.05, 3.63) is 47.4 Å². The maximum absolute atomic E-state index is 14.4. The summed E-state index contributed by atoms with van der Waals surface area (Å²) in [7, 11) is 1.56. The van der Waals surface area contributed by atoms with Gasteiger partial charge < -0.3 is 15.0 Å². The molecule has 3 aliphatic rings. The SMILES string of the molecule is CNC(=O)C1CN(C(=O)[C@@]23CC[C@@H](c4cc(-c5ccccc5F)nnc42)C3(C)C)CCO1. The number of likely N-dealkylation sites (N-methyl/N-ethyl adjacent to an activating group) is 1. The van der Waals surface area contributed by atoms with Crippen molar-refractivity contribution in [1.82, 2.24) is 20.4 Å². The summed E-state index contributed by atoms with van der Waals surface area (Å²) in [6.45, 7) is 5.20. The van der Waals surface area contributed by atoms with Crippen LogP contribution in [0.5, 0.6) is 0 Å². The second kappa shape index (κ2) is 7.33. The number of nitrogens with zero attached hydrogens (tertiary/aromatic N) is 3. The normalized spacial score (nSPS) is 27.8. The van der Waals surface area contributed by atoms with Gasteiger partial charge in [0.2, 0.25) is 5.91 Å². The quantitative estimate of drug-likeness (QED) is 0.796. The molecule has 0 spiro atoms. The largest absolute Gasteiger partial charge is 0.365 e. The van der Waals surface area contributed by atoms with Crippen LogP contribution in [0.15, 0.2) is 30.3 Å². The van der Waals surface area contributed by atoms with Crippen molar-refractivity contribution < 1.29 is 18.7 Å². The van der Waals surface area contributed by atoms with Gasteiger partial charge in [0.05, 0.1) is 30.0 Å². The van der Waals surface area contributed by atoms with Crippen LogP contribution in [0.1, 0.15) is 43.9 Å². The number of rotatable bonds is 3. The van der Waals surface area contributed by atoms with Gasteiger partial charge in [0.25, 0.3) is 5.91 Å². The van der Waals surface area contributed by atoms with Crippen molar-refractivity contribution in [3.8, 4) is 11.3 Å². The molecule has 168 valence electrons. The molecular formula is C24H27FN4O3. The fraction of sp³-hybridized carbons (Fsp3) is 0.500. The molecule has 1 aromatic carbocycles. The number of fused-ring (bicyclic) bond motifs is 5. The fourth-order valence-electron chi connectivity index (χ4n) is 6.02. The maximum Gasteiger partial charge on any atom is 0.250 e. The average molecular weight is 439 g/mol. The van der Waals surface area contributed by atoms with Crippen molar-refractivity contribution in [2.24, 2.45) is 5.41 Å². The number of carbonyl (C=O) groups excluding carboxylic acids is 2. The third-order valence-corrected chi connectivity index (χ3v) is 7.79. The Balaban J connectivity index is 1.55. The van der Waals surface area contributed by atoms with Crippen LogP contribution >= 0.6 is 0 Å². The zero-order valence-corrected chi connectivity index (χ0v) is 18.5. The van der Waals surface area contributed by atoms with Crippen LogP contribution < -0.4 is 5.32 Å². The lowest BCUT2D eigenvalue weighted by Crippen LogP contribution is -2.58. The van der Waals surface area contributed by atoms with E-state index < -0.39 is 11.5 Å². The number of hydrogen-bond donors (Lipinski definition) is 1. The van der Waals surface area contributed by atoms with Crippen molar-refractivity contribution in [1.29, 1.82) is 0 Å². The molecule has 0 radical (unpaired) electrons. The minimum absolute atomic E-state index is 0.0195. The van der Waals surface area contributed by atoms with E-state index in [0.29, 0.717) is 36.5 Å². The molecule has 3 atom stereocenters. The molecule has 1 unspecified atom stereocenters. The van der Waals surface area contributed by atoms with E-state index in [1.807, 2.05) is 6.07 Å². The van der Waals surface area contributed by atoms with E-state index in [2.05, 4.69) is 29.4 Å². The summed E-state index contributed by atoms with van der Waals surface area (Å²) in [6, 6.07) is 8.43. The average Bonchev–Trinajstić information content (AvgIpc) is 3.19. The molecule has 2 amide bonds. The summed E-state index contributed by atoms with van der Waals surface area (Å²) in [5.74, 6) is -0.458. The molecule has 7 nitrogen and oxygen atoms in total. The summed E-state index contributed by atoms with van der Waals surface area (Å²) < 4.78 is 20.0. The standard InChI is InChI=1S/C24H27FN4O3/c1-23(2)16-8-9-24(23,22(31)29-10-11-32-19(13-29)21(30)26-3)20-15(16)12-18(27-28-20)14-6-4-5-7-17(14)25/h4-7,12,16,19H,8-11,13H2,1-3H3,(H,26,30)/t16-,19?,24+/m0/s1. The molecular weight excluding hydrogens is 411 g/mol. The summed E-state index contributed by atoms with van der Waals surface area (Å²) in [6.07, 6.45) is 0.869. The molecule has 2 aliphatic carbocycles. The van der Waals surface area contributed by atoms with Crippen molar-refractivity contribution in [3.63, 3.8) is 0 Å². The second-order valence-corrected chi connectivity index (χ2v) is 9.46. The van der Waals surface area contributed by atoms with Gasteiger partial charge in [-0.3, -0.25) is 9.59 Å². The first kappa shape index (κ1) is 21.0. The number of nitrogens with one attached hydrogen (secondary N) is 1. The number of ether oxygens (including phenoxy) is 1. The summed E-state index contributed by atoms with van der Waals surface area (Å²) in [4.78, 5) is 27.9. The van der Waals surface area contributed by atoms with Gasteiger partial charge in [0, 0.05) is 19.2 Å². The lowest BCUT2D eigenvalue weighted by atomic mass is 9.67. The van der Waals surface area contributed by atoms with Gasteiger partial charge in [-0.2, -0.15) is 10.2 Å². The van der Waals surface area contributed by atoms with Gasteiger partial charge >= 0.3 is 0 Å². The van der Waals surface area contributed by atoms with Crippen LogP contribution in [0.4, 0.5) is 4.39 Å². The summed E-state index contributed by atoms with van der Waals surface area (Å²) in [5.41, 5.74) is 1.41. The number of aromatic nitrogens is 2. The summed E-state index contributed by atoms with van der Waals surface area (Å²) in [5, 5.41) is 11.5. The van der Waals surface area contributed by atoms with E-state index in [9.17, 15) is 14.0 Å². The number of carbonyl (C=O) groups is 2.